The zero-order valence-electron chi connectivity index (χ0n) is 13.2. The van der Waals surface area contributed by atoms with Gasteiger partial charge in [0.15, 0.2) is 0 Å². The number of nitrogens with zero attached hydrogens (tertiary/aromatic N) is 2. The predicted octanol–water partition coefficient (Wildman–Crippen LogP) is 3.12. The van der Waals surface area contributed by atoms with E-state index in [1.165, 1.54) is 18.2 Å². The lowest BCUT2D eigenvalue weighted by Gasteiger charge is -2.35. The van der Waals surface area contributed by atoms with Gasteiger partial charge in [-0.25, -0.2) is 4.39 Å². The Balaban J connectivity index is 2.29. The molecule has 0 aromatic heterocycles. The number of nitrogens with one attached hydrogen (secondary N) is 1. The van der Waals surface area contributed by atoms with Crippen LogP contribution in [0.3, 0.4) is 0 Å². The minimum Gasteiger partial charge on any atom is -0.314 e. The monoisotopic (exact) mass is 309 g/mol. The molecule has 0 aliphatic carbocycles. The topological polar surface area (TPSA) is 58.4 Å². The average Bonchev–Trinajstić information content (AvgIpc) is 2.49. The molecule has 122 valence electrons. The van der Waals surface area contributed by atoms with Gasteiger partial charge in [-0.2, -0.15) is 0 Å². The molecule has 0 saturated carbocycles. The van der Waals surface area contributed by atoms with E-state index in [9.17, 15) is 14.5 Å². The van der Waals surface area contributed by atoms with Gasteiger partial charge >= 0.3 is 0 Å². The summed E-state index contributed by atoms with van der Waals surface area (Å²) in [5.74, 6) is 0.171. The van der Waals surface area contributed by atoms with E-state index in [0.29, 0.717) is 11.5 Å². The van der Waals surface area contributed by atoms with Gasteiger partial charge in [-0.15, -0.1) is 0 Å². The first-order chi connectivity index (χ1) is 10.5. The molecule has 1 N–H and O–H groups in total. The highest BCUT2D eigenvalue weighted by molar-refractivity contribution is 5.37. The van der Waals surface area contributed by atoms with Crippen LogP contribution in [-0.4, -0.2) is 36.0 Å². The molecule has 5 nitrogen and oxygen atoms in total. The molecule has 1 atom stereocenters. The van der Waals surface area contributed by atoms with Gasteiger partial charge in [0, 0.05) is 49.9 Å². The molecule has 1 aliphatic rings. The molecule has 1 aromatic rings. The Morgan fingerprint density at radius 3 is 2.59 bits per heavy atom. The van der Waals surface area contributed by atoms with E-state index in [-0.39, 0.29) is 17.5 Å². The van der Waals surface area contributed by atoms with Crippen molar-refractivity contribution >= 4 is 5.69 Å². The molecule has 22 heavy (non-hydrogen) atoms. The Labute approximate surface area is 130 Å². The normalized spacial score (nSPS) is 17.6. The molecular formula is C16H24FN3O2. The van der Waals surface area contributed by atoms with Crippen molar-refractivity contribution in [1.29, 1.82) is 0 Å². The predicted molar refractivity (Wildman–Crippen MR) is 84.3 cm³/mol. The number of piperazine rings is 1. The third kappa shape index (κ3) is 4.24. The maximum Gasteiger partial charge on any atom is 0.269 e. The summed E-state index contributed by atoms with van der Waals surface area (Å²) in [6.45, 7) is 7.69. The number of hydrogen-bond acceptors (Lipinski definition) is 4. The maximum atomic E-state index is 14.3. The van der Waals surface area contributed by atoms with Crippen LogP contribution in [0, 0.1) is 21.8 Å². The van der Waals surface area contributed by atoms with Crippen molar-refractivity contribution in [3.63, 3.8) is 0 Å². The summed E-state index contributed by atoms with van der Waals surface area (Å²) in [6, 6.07) is 3.76. The van der Waals surface area contributed by atoms with Crippen LogP contribution < -0.4 is 5.32 Å². The molecule has 1 saturated heterocycles. The SMILES string of the molecule is CC(C)CC[C@H](c1cc([N+](=O)[O-])ccc1F)N1CCNCC1. The van der Waals surface area contributed by atoms with Crippen LogP contribution in [0.5, 0.6) is 0 Å². The van der Waals surface area contributed by atoms with E-state index in [0.717, 1.165) is 39.0 Å². The molecule has 1 aromatic carbocycles. The summed E-state index contributed by atoms with van der Waals surface area (Å²) in [6.07, 6.45) is 1.78. The van der Waals surface area contributed by atoms with Gasteiger partial charge in [-0.3, -0.25) is 15.0 Å². The number of benzene rings is 1. The first-order valence-corrected chi connectivity index (χ1v) is 7.87. The van der Waals surface area contributed by atoms with Crippen LogP contribution in [-0.2, 0) is 0 Å². The minimum atomic E-state index is -0.458. The Bertz CT molecular complexity index is 516. The molecule has 1 fully saturated rings. The van der Waals surface area contributed by atoms with Gasteiger partial charge < -0.3 is 5.32 Å². The Hall–Kier alpha value is -1.53. The lowest BCUT2D eigenvalue weighted by atomic mass is 9.95. The van der Waals surface area contributed by atoms with Crippen LogP contribution in [0.4, 0.5) is 10.1 Å². The Morgan fingerprint density at radius 2 is 2.00 bits per heavy atom. The first kappa shape index (κ1) is 16.8. The van der Waals surface area contributed by atoms with E-state index < -0.39 is 4.92 Å². The molecule has 0 bridgehead atoms. The number of non-ortho nitro benzene ring substituents is 1. The molecular weight excluding hydrogens is 285 g/mol. The summed E-state index contributed by atoms with van der Waals surface area (Å²) in [4.78, 5) is 12.8. The number of hydrogen-bond donors (Lipinski definition) is 1. The minimum absolute atomic E-state index is 0.0407. The second kappa shape index (κ2) is 7.65. The second-order valence-corrected chi connectivity index (χ2v) is 6.24. The highest BCUT2D eigenvalue weighted by Gasteiger charge is 2.26. The largest absolute Gasteiger partial charge is 0.314 e. The van der Waals surface area contributed by atoms with Crippen LogP contribution in [0.15, 0.2) is 18.2 Å². The summed E-state index contributed by atoms with van der Waals surface area (Å²) < 4.78 is 14.3. The second-order valence-electron chi connectivity index (χ2n) is 6.24. The zero-order chi connectivity index (χ0) is 16.1. The fourth-order valence-corrected chi connectivity index (χ4v) is 2.92. The summed E-state index contributed by atoms with van der Waals surface area (Å²) in [5, 5.41) is 14.3. The quantitative estimate of drug-likeness (QED) is 0.648. The first-order valence-electron chi connectivity index (χ1n) is 7.87. The highest BCUT2D eigenvalue weighted by atomic mass is 19.1. The van der Waals surface area contributed by atoms with Crippen molar-refractivity contribution < 1.29 is 9.31 Å². The van der Waals surface area contributed by atoms with E-state index in [1.807, 2.05) is 0 Å². The zero-order valence-corrected chi connectivity index (χ0v) is 13.2. The number of nitro groups is 1. The fourth-order valence-electron chi connectivity index (χ4n) is 2.92. The molecule has 1 heterocycles. The van der Waals surface area contributed by atoms with Gasteiger partial charge in [-0.05, 0) is 24.8 Å². The lowest BCUT2D eigenvalue weighted by Crippen LogP contribution is -2.45. The van der Waals surface area contributed by atoms with Crippen molar-refractivity contribution in [1.82, 2.24) is 10.2 Å². The molecule has 0 spiro atoms. The van der Waals surface area contributed by atoms with Gasteiger partial charge in [0.25, 0.3) is 5.69 Å². The van der Waals surface area contributed by atoms with Crippen molar-refractivity contribution in [2.24, 2.45) is 5.92 Å². The van der Waals surface area contributed by atoms with E-state index in [4.69, 9.17) is 0 Å². The summed E-state index contributed by atoms with van der Waals surface area (Å²) >= 11 is 0. The number of halogens is 1. The van der Waals surface area contributed by atoms with Crippen molar-refractivity contribution in [3.8, 4) is 0 Å². The van der Waals surface area contributed by atoms with Crippen LogP contribution in [0.2, 0.25) is 0 Å². The van der Waals surface area contributed by atoms with E-state index in [1.54, 1.807) is 0 Å². The molecule has 1 aliphatic heterocycles. The number of rotatable bonds is 6. The average molecular weight is 309 g/mol. The van der Waals surface area contributed by atoms with Gasteiger partial charge in [0.2, 0.25) is 0 Å². The summed E-state index contributed by atoms with van der Waals surface area (Å²) in [5.41, 5.74) is 0.415. The molecule has 0 amide bonds. The van der Waals surface area contributed by atoms with Crippen molar-refractivity contribution in [2.75, 3.05) is 26.2 Å². The van der Waals surface area contributed by atoms with Gasteiger partial charge in [0.1, 0.15) is 5.82 Å². The van der Waals surface area contributed by atoms with E-state index in [2.05, 4.69) is 24.1 Å². The smallest absolute Gasteiger partial charge is 0.269 e. The fraction of sp³-hybridized carbons (Fsp3) is 0.625. The Morgan fingerprint density at radius 1 is 1.32 bits per heavy atom. The van der Waals surface area contributed by atoms with Gasteiger partial charge in [0.05, 0.1) is 4.92 Å². The highest BCUT2D eigenvalue weighted by Crippen LogP contribution is 2.31. The van der Waals surface area contributed by atoms with Crippen LogP contribution >= 0.6 is 0 Å². The standard InChI is InChI=1S/C16H24FN3O2/c1-12(2)3-6-16(19-9-7-18-8-10-19)14-11-13(20(21)22)4-5-15(14)17/h4-5,11-12,16,18H,3,6-10H2,1-2H3/t16-/m1/s1. The van der Waals surface area contributed by atoms with Gasteiger partial charge in [-0.1, -0.05) is 13.8 Å². The Kier molecular flexibility index (Phi) is 5.85. The maximum absolute atomic E-state index is 14.3. The lowest BCUT2D eigenvalue weighted by molar-refractivity contribution is -0.385. The molecule has 6 heteroatoms. The number of nitro benzene ring substituents is 1. The van der Waals surface area contributed by atoms with Crippen molar-refractivity contribution in [3.05, 3.63) is 39.7 Å². The molecule has 0 unspecified atom stereocenters. The molecule has 2 rings (SSSR count). The van der Waals surface area contributed by atoms with Crippen LogP contribution in [0.1, 0.15) is 38.3 Å². The summed E-state index contributed by atoms with van der Waals surface area (Å²) in [7, 11) is 0. The molecule has 0 radical (unpaired) electrons. The van der Waals surface area contributed by atoms with E-state index >= 15 is 0 Å². The van der Waals surface area contributed by atoms with Crippen molar-refractivity contribution in [2.45, 2.75) is 32.7 Å². The third-order valence-corrected chi connectivity index (χ3v) is 4.16. The third-order valence-electron chi connectivity index (χ3n) is 4.16. The van der Waals surface area contributed by atoms with Crippen LogP contribution in [0.25, 0.3) is 0 Å².